The van der Waals surface area contributed by atoms with E-state index in [1.54, 1.807) is 37.2 Å². The third kappa shape index (κ3) is 6.33. The Hall–Kier alpha value is -2.73. The summed E-state index contributed by atoms with van der Waals surface area (Å²) in [6.45, 7) is 11.7. The number of aromatic nitrogens is 1. The molecule has 202 valence electrons. The summed E-state index contributed by atoms with van der Waals surface area (Å²) in [5.74, 6) is 0.631. The van der Waals surface area contributed by atoms with Gasteiger partial charge in [0, 0.05) is 11.2 Å². The highest BCUT2D eigenvalue weighted by molar-refractivity contribution is 8.32. The standard InChI is InChI=1S/C24H38N4O7S/c1-23(2,3)35-22(32)28(36(7,8)24(4,5)6)12-15(29)11-16-13-27(21(31)34-16)18-10-9-17-20(25-18)26-19(30)14-33-17/h9-10,15-16,29H,11-14H2,1-8H3,(H,25,26,30). The Morgan fingerprint density at radius 3 is 2.56 bits per heavy atom. The zero-order chi connectivity index (χ0) is 27.1. The van der Waals surface area contributed by atoms with Crippen LogP contribution in [0.2, 0.25) is 0 Å². The Bertz CT molecular complexity index is 1020. The normalized spacial score (nSPS) is 19.6. The fraction of sp³-hybridized carbons (Fsp3) is 0.667. The minimum Gasteiger partial charge on any atom is -0.480 e. The molecule has 2 aliphatic rings. The van der Waals surface area contributed by atoms with Crippen LogP contribution in [0.25, 0.3) is 0 Å². The van der Waals surface area contributed by atoms with Crippen molar-refractivity contribution in [2.45, 2.75) is 70.5 Å². The first-order valence-corrected chi connectivity index (χ1v) is 14.2. The van der Waals surface area contributed by atoms with E-state index in [0.717, 1.165) is 0 Å². The van der Waals surface area contributed by atoms with Crippen molar-refractivity contribution in [1.29, 1.82) is 0 Å². The average Bonchev–Trinajstić information content (AvgIpc) is 3.08. The summed E-state index contributed by atoms with van der Waals surface area (Å²) in [6, 6.07) is 3.23. The number of anilines is 2. The second-order valence-electron chi connectivity index (χ2n) is 11.3. The van der Waals surface area contributed by atoms with Crippen LogP contribution in [0.15, 0.2) is 12.1 Å². The van der Waals surface area contributed by atoms with E-state index in [2.05, 4.69) is 31.1 Å². The van der Waals surface area contributed by atoms with E-state index in [1.165, 1.54) is 4.90 Å². The predicted octanol–water partition coefficient (Wildman–Crippen LogP) is 3.50. The number of carbonyl (C=O) groups excluding carboxylic acids is 3. The summed E-state index contributed by atoms with van der Waals surface area (Å²) >= 11 is 0. The molecule has 0 bridgehead atoms. The first kappa shape index (κ1) is 27.9. The number of ether oxygens (including phenoxy) is 3. The van der Waals surface area contributed by atoms with Gasteiger partial charge in [-0.15, -0.1) is 0 Å². The van der Waals surface area contributed by atoms with Gasteiger partial charge >= 0.3 is 12.2 Å². The van der Waals surface area contributed by atoms with E-state index in [9.17, 15) is 19.5 Å². The molecule has 11 nitrogen and oxygen atoms in total. The number of pyridine rings is 1. The van der Waals surface area contributed by atoms with Gasteiger partial charge in [0.2, 0.25) is 0 Å². The largest absolute Gasteiger partial charge is 0.480 e. The predicted molar refractivity (Wildman–Crippen MR) is 139 cm³/mol. The Morgan fingerprint density at radius 1 is 1.28 bits per heavy atom. The second-order valence-corrected chi connectivity index (χ2v) is 15.5. The maximum atomic E-state index is 13.1. The van der Waals surface area contributed by atoms with E-state index in [0.29, 0.717) is 11.6 Å². The molecule has 1 aromatic heterocycles. The van der Waals surface area contributed by atoms with Crippen LogP contribution in [-0.4, -0.2) is 87.3 Å². The smallest absolute Gasteiger partial charge is 0.419 e. The minimum absolute atomic E-state index is 0.0447. The molecule has 0 aromatic carbocycles. The topological polar surface area (TPSA) is 131 Å². The number of aliphatic hydroxyl groups is 1. The van der Waals surface area contributed by atoms with Crippen molar-refractivity contribution in [3.63, 3.8) is 0 Å². The number of rotatable bonds is 6. The molecule has 2 unspecified atom stereocenters. The first-order chi connectivity index (χ1) is 16.5. The molecule has 2 atom stereocenters. The average molecular weight is 527 g/mol. The third-order valence-electron chi connectivity index (χ3n) is 6.17. The van der Waals surface area contributed by atoms with Crippen molar-refractivity contribution >= 4 is 39.9 Å². The number of nitrogens with zero attached hydrogens (tertiary/aromatic N) is 3. The first-order valence-electron chi connectivity index (χ1n) is 11.8. The summed E-state index contributed by atoms with van der Waals surface area (Å²) < 4.78 is 17.8. The lowest BCUT2D eigenvalue weighted by molar-refractivity contribution is -0.118. The van der Waals surface area contributed by atoms with Gasteiger partial charge < -0.3 is 24.6 Å². The number of aliphatic hydroxyl groups excluding tert-OH is 1. The number of hydrogen-bond acceptors (Lipinski definition) is 8. The summed E-state index contributed by atoms with van der Waals surface area (Å²) in [4.78, 5) is 42.9. The van der Waals surface area contributed by atoms with Crippen LogP contribution < -0.4 is 15.0 Å². The van der Waals surface area contributed by atoms with E-state index in [4.69, 9.17) is 14.2 Å². The molecule has 3 heterocycles. The molecule has 0 spiro atoms. The summed E-state index contributed by atoms with van der Waals surface area (Å²) in [5.41, 5.74) is -0.679. The lowest BCUT2D eigenvalue weighted by atomic mass is 10.1. The molecule has 2 aliphatic heterocycles. The van der Waals surface area contributed by atoms with Crippen LogP contribution in [-0.2, 0) is 14.3 Å². The Morgan fingerprint density at radius 2 is 1.94 bits per heavy atom. The zero-order valence-electron chi connectivity index (χ0n) is 22.3. The third-order valence-corrected chi connectivity index (χ3v) is 10.6. The molecule has 1 aromatic rings. The van der Waals surface area contributed by atoms with Crippen molar-refractivity contribution < 1.29 is 33.7 Å². The monoisotopic (exact) mass is 526 g/mol. The number of amides is 3. The number of fused-ring (bicyclic) bond motifs is 1. The van der Waals surface area contributed by atoms with Gasteiger partial charge in [0.05, 0.1) is 19.2 Å². The quantitative estimate of drug-likeness (QED) is 0.576. The molecule has 3 amide bonds. The van der Waals surface area contributed by atoms with Gasteiger partial charge in [-0.2, -0.15) is 10.2 Å². The maximum absolute atomic E-state index is 13.1. The van der Waals surface area contributed by atoms with Gasteiger partial charge in [0.1, 0.15) is 17.5 Å². The van der Waals surface area contributed by atoms with Gasteiger partial charge in [-0.05, 0) is 45.4 Å². The second kappa shape index (κ2) is 9.97. The molecule has 0 saturated carbocycles. The molecule has 0 radical (unpaired) electrons. The maximum Gasteiger partial charge on any atom is 0.419 e. The van der Waals surface area contributed by atoms with Crippen LogP contribution in [0.3, 0.4) is 0 Å². The van der Waals surface area contributed by atoms with Crippen LogP contribution >= 0.6 is 10.2 Å². The molecule has 36 heavy (non-hydrogen) atoms. The van der Waals surface area contributed by atoms with Gasteiger partial charge in [0.15, 0.2) is 18.2 Å². The summed E-state index contributed by atoms with van der Waals surface area (Å²) in [7, 11) is -1.69. The lowest BCUT2D eigenvalue weighted by Gasteiger charge is -2.52. The number of carbonyl (C=O) groups is 3. The van der Waals surface area contributed by atoms with Crippen LogP contribution in [0.1, 0.15) is 48.0 Å². The summed E-state index contributed by atoms with van der Waals surface area (Å²) in [5, 5.41) is 13.6. The van der Waals surface area contributed by atoms with E-state index < -0.39 is 40.2 Å². The summed E-state index contributed by atoms with van der Waals surface area (Å²) in [6.07, 6.45) is 1.52. The van der Waals surface area contributed by atoms with Crippen LogP contribution in [0.4, 0.5) is 21.2 Å². The van der Waals surface area contributed by atoms with Crippen molar-refractivity contribution in [2.75, 3.05) is 42.4 Å². The molecular formula is C24H38N4O7S. The Balaban J connectivity index is 1.70. The zero-order valence-corrected chi connectivity index (χ0v) is 23.1. The highest BCUT2D eigenvalue weighted by Gasteiger charge is 2.41. The molecule has 2 N–H and O–H groups in total. The fourth-order valence-electron chi connectivity index (χ4n) is 3.60. The van der Waals surface area contributed by atoms with Crippen molar-refractivity contribution in [1.82, 2.24) is 9.29 Å². The van der Waals surface area contributed by atoms with Crippen molar-refractivity contribution in [2.24, 2.45) is 0 Å². The van der Waals surface area contributed by atoms with Crippen LogP contribution in [0.5, 0.6) is 5.75 Å². The highest BCUT2D eigenvalue weighted by atomic mass is 32.3. The van der Waals surface area contributed by atoms with Gasteiger partial charge in [-0.25, -0.2) is 14.6 Å². The SMILES string of the molecule is CC(C)(C)OC(=O)N(CC(O)CC1CN(c2ccc3c(n2)NC(=O)CO3)C(=O)O1)S(C)(C)C(C)(C)C. The number of nitrogens with one attached hydrogen (secondary N) is 1. The van der Waals surface area contributed by atoms with Gasteiger partial charge in [0.25, 0.3) is 5.91 Å². The number of cyclic esters (lactones) is 1. The van der Waals surface area contributed by atoms with Crippen LogP contribution in [0, 0.1) is 0 Å². The minimum atomic E-state index is -1.69. The Labute approximate surface area is 213 Å². The molecule has 1 saturated heterocycles. The van der Waals surface area contributed by atoms with E-state index in [1.807, 2.05) is 12.5 Å². The van der Waals surface area contributed by atoms with Crippen molar-refractivity contribution in [3.05, 3.63) is 12.1 Å². The molecule has 1 fully saturated rings. The van der Waals surface area contributed by atoms with Gasteiger partial charge in [-0.1, -0.05) is 20.8 Å². The molecule has 3 rings (SSSR count). The lowest BCUT2D eigenvalue weighted by Crippen LogP contribution is -2.47. The molecular weight excluding hydrogens is 488 g/mol. The van der Waals surface area contributed by atoms with Gasteiger partial charge in [-0.3, -0.25) is 14.0 Å². The number of hydrogen-bond donors (Lipinski definition) is 2. The Kier molecular flexibility index (Phi) is 7.71. The molecule has 0 aliphatic carbocycles. The fourth-order valence-corrected chi connectivity index (χ4v) is 5.21. The highest BCUT2D eigenvalue weighted by Crippen LogP contribution is 2.56. The van der Waals surface area contributed by atoms with E-state index >= 15 is 0 Å². The van der Waals surface area contributed by atoms with E-state index in [-0.39, 0.29) is 42.6 Å². The van der Waals surface area contributed by atoms with Crippen molar-refractivity contribution in [3.8, 4) is 5.75 Å². The molecule has 12 heteroatoms.